The molecule has 1 aromatic carbocycles. The maximum atomic E-state index is 11.6. The van der Waals surface area contributed by atoms with Crippen LogP contribution in [0.15, 0.2) is 24.3 Å². The summed E-state index contributed by atoms with van der Waals surface area (Å²) >= 11 is 3.25. The van der Waals surface area contributed by atoms with E-state index in [1.165, 1.54) is 0 Å². The summed E-state index contributed by atoms with van der Waals surface area (Å²) in [7, 11) is 0. The molecule has 0 unspecified atom stereocenters. The minimum atomic E-state index is -1.57. The van der Waals surface area contributed by atoms with E-state index in [9.17, 15) is 9.90 Å². The Morgan fingerprint density at radius 2 is 2.20 bits per heavy atom. The van der Waals surface area contributed by atoms with Crippen molar-refractivity contribution in [2.24, 2.45) is 0 Å². The Morgan fingerprint density at radius 1 is 1.53 bits per heavy atom. The average molecular weight is 271 g/mol. The molecule has 2 rings (SSSR count). The van der Waals surface area contributed by atoms with Gasteiger partial charge in [0.05, 0.1) is 4.83 Å². The number of alkyl halides is 1. The lowest BCUT2D eigenvalue weighted by Gasteiger charge is -2.34. The molecule has 0 radical (unpaired) electrons. The number of aliphatic hydroxyl groups is 1. The van der Waals surface area contributed by atoms with E-state index in [1.807, 2.05) is 12.1 Å². The van der Waals surface area contributed by atoms with Crippen molar-refractivity contribution in [3.63, 3.8) is 0 Å². The largest absolute Gasteiger partial charge is 0.458 e. The fraction of sp³-hybridized carbons (Fsp3) is 0.364. The Bertz CT molecular complexity index is 403. The second-order valence-electron chi connectivity index (χ2n) is 3.62. The molecule has 0 spiro atoms. The number of hydrogen-bond acceptors (Lipinski definition) is 3. The zero-order chi connectivity index (χ0) is 11.1. The van der Waals surface area contributed by atoms with E-state index in [4.69, 9.17) is 4.74 Å². The molecule has 1 aliphatic heterocycles. The fourth-order valence-corrected chi connectivity index (χ4v) is 2.19. The Hall–Kier alpha value is -0.870. The van der Waals surface area contributed by atoms with Gasteiger partial charge in [0.2, 0.25) is 0 Å². The van der Waals surface area contributed by atoms with Crippen LogP contribution in [0, 0.1) is 0 Å². The highest BCUT2D eigenvalue weighted by atomic mass is 79.9. The third-order valence-electron chi connectivity index (χ3n) is 2.67. The lowest BCUT2D eigenvalue weighted by molar-refractivity contribution is -0.171. The first-order chi connectivity index (χ1) is 7.06. The molecule has 15 heavy (non-hydrogen) atoms. The van der Waals surface area contributed by atoms with E-state index in [0.29, 0.717) is 5.56 Å². The van der Waals surface area contributed by atoms with Crippen LogP contribution in [0.3, 0.4) is 0 Å². The molecule has 1 heterocycles. The fourth-order valence-electron chi connectivity index (χ4n) is 1.76. The van der Waals surface area contributed by atoms with E-state index < -0.39 is 11.6 Å². The van der Waals surface area contributed by atoms with Crippen LogP contribution in [0.2, 0.25) is 0 Å². The molecule has 0 aromatic heterocycles. The zero-order valence-electron chi connectivity index (χ0n) is 8.24. The third-order valence-corrected chi connectivity index (χ3v) is 3.34. The van der Waals surface area contributed by atoms with E-state index in [1.54, 1.807) is 19.1 Å². The van der Waals surface area contributed by atoms with E-state index >= 15 is 0 Å². The summed E-state index contributed by atoms with van der Waals surface area (Å²) in [6.45, 7) is 1.96. The summed E-state index contributed by atoms with van der Waals surface area (Å²) in [5.41, 5.74) is -0.0917. The van der Waals surface area contributed by atoms with Gasteiger partial charge in [-0.1, -0.05) is 40.2 Å². The van der Waals surface area contributed by atoms with Crippen molar-refractivity contribution in [2.45, 2.75) is 24.0 Å². The van der Waals surface area contributed by atoms with Crippen molar-refractivity contribution >= 4 is 21.9 Å². The first kappa shape index (κ1) is 10.6. The minimum Gasteiger partial charge on any atom is -0.458 e. The van der Waals surface area contributed by atoms with Gasteiger partial charge in [0.25, 0.3) is 0 Å². The number of carbonyl (C=O) groups is 1. The molecule has 0 fully saturated rings. The second kappa shape index (κ2) is 3.61. The van der Waals surface area contributed by atoms with Crippen molar-refractivity contribution in [3.05, 3.63) is 35.4 Å². The van der Waals surface area contributed by atoms with E-state index in [-0.39, 0.29) is 11.4 Å². The van der Waals surface area contributed by atoms with Crippen molar-refractivity contribution in [2.75, 3.05) is 0 Å². The average Bonchev–Trinajstić information content (AvgIpc) is 2.23. The summed E-state index contributed by atoms with van der Waals surface area (Å²) in [5.74, 6) is -0.592. The Balaban J connectivity index is 2.60. The molecule has 0 saturated heterocycles. The van der Waals surface area contributed by atoms with Gasteiger partial charge in [0.1, 0.15) is 6.61 Å². The molecule has 0 aliphatic carbocycles. The van der Waals surface area contributed by atoms with Crippen molar-refractivity contribution in [1.29, 1.82) is 0 Å². The van der Waals surface area contributed by atoms with Crippen molar-refractivity contribution < 1.29 is 14.6 Å². The first-order valence-electron chi connectivity index (χ1n) is 4.69. The minimum absolute atomic E-state index is 0.233. The number of benzene rings is 1. The highest BCUT2D eigenvalue weighted by molar-refractivity contribution is 9.09. The van der Waals surface area contributed by atoms with Crippen molar-refractivity contribution in [1.82, 2.24) is 0 Å². The Kier molecular flexibility index (Phi) is 2.56. The van der Waals surface area contributed by atoms with Crippen molar-refractivity contribution in [3.8, 4) is 0 Å². The Labute approximate surface area is 96.2 Å². The SMILES string of the molecule is C[C@@H](Br)[C@]1(O)C(=O)OCc2ccccc21. The monoisotopic (exact) mass is 270 g/mol. The van der Waals surface area contributed by atoms with Gasteiger partial charge in [-0.25, -0.2) is 4.79 Å². The number of esters is 1. The molecule has 1 aliphatic rings. The van der Waals surface area contributed by atoms with E-state index in [0.717, 1.165) is 5.56 Å². The van der Waals surface area contributed by atoms with Gasteiger partial charge in [-0.05, 0) is 12.5 Å². The predicted molar refractivity (Wildman–Crippen MR) is 58.5 cm³/mol. The molecule has 1 aromatic rings. The van der Waals surface area contributed by atoms with Crippen LogP contribution in [0.1, 0.15) is 18.1 Å². The topological polar surface area (TPSA) is 46.5 Å². The van der Waals surface area contributed by atoms with Gasteiger partial charge < -0.3 is 9.84 Å². The summed E-state index contributed by atoms with van der Waals surface area (Å²) in [4.78, 5) is 11.2. The summed E-state index contributed by atoms with van der Waals surface area (Å²) in [5, 5.41) is 10.3. The molecule has 0 amide bonds. The number of fused-ring (bicyclic) bond motifs is 1. The highest BCUT2D eigenvalue weighted by Gasteiger charge is 2.47. The number of halogens is 1. The molecule has 0 saturated carbocycles. The molecule has 4 heteroatoms. The molecule has 0 bridgehead atoms. The summed E-state index contributed by atoms with van der Waals surface area (Å²) < 4.78 is 4.96. The van der Waals surface area contributed by atoms with Crippen LogP contribution in [0.4, 0.5) is 0 Å². The van der Waals surface area contributed by atoms with Gasteiger partial charge >= 0.3 is 5.97 Å². The normalized spacial score (nSPS) is 26.7. The van der Waals surface area contributed by atoms with Crippen LogP contribution in [0.25, 0.3) is 0 Å². The smallest absolute Gasteiger partial charge is 0.344 e. The molecule has 2 atom stereocenters. The Morgan fingerprint density at radius 3 is 2.87 bits per heavy atom. The molecule has 80 valence electrons. The lowest BCUT2D eigenvalue weighted by Crippen LogP contribution is -2.47. The number of rotatable bonds is 1. The third kappa shape index (κ3) is 1.48. The number of cyclic esters (lactones) is 1. The maximum Gasteiger partial charge on any atom is 0.344 e. The highest BCUT2D eigenvalue weighted by Crippen LogP contribution is 2.36. The zero-order valence-corrected chi connectivity index (χ0v) is 9.82. The van der Waals surface area contributed by atoms with E-state index in [2.05, 4.69) is 15.9 Å². The number of ether oxygens (including phenoxy) is 1. The molecular formula is C11H11BrO3. The number of carbonyl (C=O) groups excluding carboxylic acids is 1. The van der Waals surface area contributed by atoms with Gasteiger partial charge in [-0.3, -0.25) is 0 Å². The maximum absolute atomic E-state index is 11.6. The van der Waals surface area contributed by atoms with Gasteiger partial charge in [-0.15, -0.1) is 0 Å². The van der Waals surface area contributed by atoms with Crippen LogP contribution < -0.4 is 0 Å². The second-order valence-corrected chi connectivity index (χ2v) is 4.99. The van der Waals surface area contributed by atoms with Gasteiger partial charge in [0.15, 0.2) is 5.60 Å². The van der Waals surface area contributed by atoms with Crippen LogP contribution >= 0.6 is 15.9 Å². The first-order valence-corrected chi connectivity index (χ1v) is 5.60. The summed E-state index contributed by atoms with van der Waals surface area (Å²) in [6, 6.07) is 7.27. The molecular weight excluding hydrogens is 260 g/mol. The van der Waals surface area contributed by atoms with Crippen LogP contribution in [0.5, 0.6) is 0 Å². The van der Waals surface area contributed by atoms with Gasteiger partial charge in [0, 0.05) is 5.56 Å². The molecule has 1 N–H and O–H groups in total. The standard InChI is InChI=1S/C11H11BrO3/c1-7(12)11(14)9-5-3-2-4-8(9)6-15-10(11)13/h2-5,7,14H,6H2,1H3/t7-,11-/m1/s1. The van der Waals surface area contributed by atoms with Gasteiger partial charge in [-0.2, -0.15) is 0 Å². The quantitative estimate of drug-likeness (QED) is 0.625. The predicted octanol–water partition coefficient (Wildman–Crippen LogP) is 1.71. The molecule has 3 nitrogen and oxygen atoms in total. The lowest BCUT2D eigenvalue weighted by atomic mass is 9.86. The van der Waals surface area contributed by atoms with Crippen LogP contribution in [-0.2, 0) is 21.7 Å². The summed E-state index contributed by atoms with van der Waals surface area (Å²) in [6.07, 6.45) is 0. The number of hydrogen-bond donors (Lipinski definition) is 1. The van der Waals surface area contributed by atoms with Crippen LogP contribution in [-0.4, -0.2) is 15.9 Å².